The maximum Gasteiger partial charge on any atom is 0.221 e. The summed E-state index contributed by atoms with van der Waals surface area (Å²) in [6.45, 7) is 1.19. The number of ether oxygens (including phenoxy) is 2. The molecule has 1 saturated heterocycles. The fraction of sp³-hybridized carbons (Fsp3) is 0.375. The molecule has 1 aromatic carbocycles. The first-order chi connectivity index (χ1) is 10.7. The van der Waals surface area contributed by atoms with Crippen LogP contribution < -0.4 is 10.5 Å². The fourth-order valence-corrected chi connectivity index (χ4v) is 3.32. The Morgan fingerprint density at radius 3 is 3.09 bits per heavy atom. The van der Waals surface area contributed by atoms with E-state index in [1.54, 1.807) is 11.3 Å². The van der Waals surface area contributed by atoms with Crippen molar-refractivity contribution in [3.8, 4) is 5.75 Å². The molecule has 1 unspecified atom stereocenters. The van der Waals surface area contributed by atoms with Crippen molar-refractivity contribution in [3.63, 3.8) is 0 Å². The number of thiazole rings is 1. The van der Waals surface area contributed by atoms with Gasteiger partial charge in [-0.15, -0.1) is 11.3 Å². The van der Waals surface area contributed by atoms with E-state index < -0.39 is 0 Å². The van der Waals surface area contributed by atoms with Crippen molar-refractivity contribution in [2.75, 3.05) is 6.61 Å². The van der Waals surface area contributed by atoms with E-state index in [1.807, 2.05) is 29.6 Å². The summed E-state index contributed by atoms with van der Waals surface area (Å²) in [6.07, 6.45) is 2.45. The van der Waals surface area contributed by atoms with Gasteiger partial charge >= 0.3 is 0 Å². The van der Waals surface area contributed by atoms with Crippen molar-refractivity contribution in [2.45, 2.75) is 32.0 Å². The predicted molar refractivity (Wildman–Crippen MR) is 83.7 cm³/mol. The normalized spacial score (nSPS) is 17.5. The Bertz CT molecular complexity index is 650. The monoisotopic (exact) mass is 318 g/mol. The van der Waals surface area contributed by atoms with Crippen molar-refractivity contribution in [1.82, 2.24) is 4.98 Å². The molecular weight excluding hydrogens is 300 g/mol. The van der Waals surface area contributed by atoms with Crippen molar-refractivity contribution in [3.05, 3.63) is 45.9 Å². The van der Waals surface area contributed by atoms with Gasteiger partial charge in [0.2, 0.25) is 5.91 Å². The van der Waals surface area contributed by atoms with Crippen molar-refractivity contribution in [2.24, 2.45) is 5.73 Å². The molecule has 1 fully saturated rings. The highest BCUT2D eigenvalue weighted by Gasteiger charge is 2.21. The highest BCUT2D eigenvalue weighted by molar-refractivity contribution is 7.09. The number of aromatic nitrogens is 1. The Balaban J connectivity index is 1.64. The maximum absolute atomic E-state index is 11.1. The fourth-order valence-electron chi connectivity index (χ4n) is 2.44. The second-order valence-corrected chi connectivity index (χ2v) is 6.11. The lowest BCUT2D eigenvalue weighted by molar-refractivity contribution is -0.117. The molecule has 0 aliphatic carbocycles. The lowest BCUT2D eigenvalue weighted by Crippen LogP contribution is -2.14. The van der Waals surface area contributed by atoms with Crippen LogP contribution in [0.25, 0.3) is 0 Å². The van der Waals surface area contributed by atoms with Crippen LogP contribution in [0.1, 0.15) is 35.2 Å². The molecule has 22 heavy (non-hydrogen) atoms. The van der Waals surface area contributed by atoms with E-state index in [2.05, 4.69) is 4.98 Å². The largest absolute Gasteiger partial charge is 0.487 e. The standard InChI is InChI=1S/C16H18N2O3S/c17-15(19)8-11-4-1-2-5-13(11)21-9-12-10-22-16(18-12)14-6-3-7-20-14/h1-2,4-5,10,14H,3,6-9H2,(H2,17,19). The van der Waals surface area contributed by atoms with Crippen molar-refractivity contribution in [1.29, 1.82) is 0 Å². The van der Waals surface area contributed by atoms with Gasteiger partial charge in [0.1, 0.15) is 23.5 Å². The van der Waals surface area contributed by atoms with Gasteiger partial charge in [-0.2, -0.15) is 0 Å². The predicted octanol–water partition coefficient (Wildman–Crippen LogP) is 2.60. The Morgan fingerprint density at radius 1 is 1.45 bits per heavy atom. The zero-order valence-corrected chi connectivity index (χ0v) is 13.0. The number of carbonyl (C=O) groups excluding carboxylic acids is 1. The minimum Gasteiger partial charge on any atom is -0.487 e. The lowest BCUT2D eigenvalue weighted by atomic mass is 10.1. The third kappa shape index (κ3) is 3.64. The summed E-state index contributed by atoms with van der Waals surface area (Å²) in [5, 5.41) is 3.01. The summed E-state index contributed by atoms with van der Waals surface area (Å²) in [5.41, 5.74) is 6.93. The van der Waals surface area contributed by atoms with E-state index in [9.17, 15) is 4.79 Å². The highest BCUT2D eigenvalue weighted by Crippen LogP contribution is 2.31. The Kier molecular flexibility index (Phi) is 4.70. The van der Waals surface area contributed by atoms with Crippen LogP contribution in [0.5, 0.6) is 5.75 Å². The van der Waals surface area contributed by atoms with Crippen LogP contribution in [0.3, 0.4) is 0 Å². The second-order valence-electron chi connectivity index (χ2n) is 5.22. The van der Waals surface area contributed by atoms with Gasteiger partial charge in [-0.25, -0.2) is 4.98 Å². The maximum atomic E-state index is 11.1. The molecule has 2 N–H and O–H groups in total. The van der Waals surface area contributed by atoms with Gasteiger partial charge in [-0.05, 0) is 18.9 Å². The smallest absolute Gasteiger partial charge is 0.221 e. The van der Waals surface area contributed by atoms with Gasteiger partial charge in [0.15, 0.2) is 0 Å². The summed E-state index contributed by atoms with van der Waals surface area (Å²) in [4.78, 5) is 15.7. The molecule has 1 amide bonds. The number of nitrogens with zero attached hydrogens (tertiary/aromatic N) is 1. The Labute approximate surface area is 133 Å². The Hall–Kier alpha value is -1.92. The first-order valence-corrected chi connectivity index (χ1v) is 8.15. The number of rotatable bonds is 6. The van der Waals surface area contributed by atoms with Crippen LogP contribution >= 0.6 is 11.3 Å². The molecule has 0 radical (unpaired) electrons. The van der Waals surface area contributed by atoms with Crippen LogP contribution in [0, 0.1) is 0 Å². The summed E-state index contributed by atoms with van der Waals surface area (Å²) in [6, 6.07) is 7.42. The van der Waals surface area contributed by atoms with Gasteiger partial charge < -0.3 is 15.2 Å². The first kappa shape index (κ1) is 15.0. The molecular formula is C16H18N2O3S. The molecule has 2 aromatic rings. The van der Waals surface area contributed by atoms with Gasteiger partial charge in [0.05, 0.1) is 12.1 Å². The van der Waals surface area contributed by atoms with Crippen molar-refractivity contribution < 1.29 is 14.3 Å². The molecule has 3 rings (SSSR count). The van der Waals surface area contributed by atoms with E-state index in [1.165, 1.54) is 0 Å². The summed E-state index contributed by atoms with van der Waals surface area (Å²) in [5.74, 6) is 0.304. The zero-order chi connectivity index (χ0) is 15.4. The number of primary amides is 1. The number of hydrogen-bond donors (Lipinski definition) is 1. The summed E-state index contributed by atoms with van der Waals surface area (Å²) in [7, 11) is 0. The van der Waals surface area contributed by atoms with E-state index in [4.69, 9.17) is 15.2 Å². The molecule has 2 heterocycles. The van der Waals surface area contributed by atoms with Gasteiger partial charge in [0.25, 0.3) is 0 Å². The zero-order valence-electron chi connectivity index (χ0n) is 12.2. The van der Waals surface area contributed by atoms with Gasteiger partial charge in [0, 0.05) is 17.6 Å². The van der Waals surface area contributed by atoms with E-state index in [0.717, 1.165) is 35.7 Å². The average Bonchev–Trinajstić information content (AvgIpc) is 3.17. The molecule has 0 spiro atoms. The molecule has 0 bridgehead atoms. The summed E-state index contributed by atoms with van der Waals surface area (Å²) < 4.78 is 11.4. The number of para-hydroxylation sites is 1. The second kappa shape index (κ2) is 6.89. The molecule has 1 aliphatic rings. The molecule has 1 atom stereocenters. The lowest BCUT2D eigenvalue weighted by Gasteiger charge is -2.09. The number of benzene rings is 1. The first-order valence-electron chi connectivity index (χ1n) is 7.27. The van der Waals surface area contributed by atoms with Gasteiger partial charge in [-0.3, -0.25) is 4.79 Å². The molecule has 6 heteroatoms. The van der Waals surface area contributed by atoms with E-state index in [0.29, 0.717) is 12.4 Å². The van der Waals surface area contributed by atoms with Crippen molar-refractivity contribution >= 4 is 17.2 Å². The molecule has 5 nitrogen and oxygen atoms in total. The minimum absolute atomic E-state index is 0.140. The molecule has 0 saturated carbocycles. The van der Waals surface area contributed by atoms with Crippen LogP contribution in [-0.2, 0) is 22.6 Å². The highest BCUT2D eigenvalue weighted by atomic mass is 32.1. The number of nitrogens with two attached hydrogens (primary N) is 1. The molecule has 1 aromatic heterocycles. The van der Waals surface area contributed by atoms with Crippen LogP contribution in [0.2, 0.25) is 0 Å². The van der Waals surface area contributed by atoms with Crippen LogP contribution in [0.15, 0.2) is 29.6 Å². The van der Waals surface area contributed by atoms with E-state index >= 15 is 0 Å². The van der Waals surface area contributed by atoms with Crippen LogP contribution in [-0.4, -0.2) is 17.5 Å². The average molecular weight is 318 g/mol. The van der Waals surface area contributed by atoms with E-state index in [-0.39, 0.29) is 18.4 Å². The topological polar surface area (TPSA) is 74.4 Å². The minimum atomic E-state index is -0.370. The van der Waals surface area contributed by atoms with Crippen LogP contribution in [0.4, 0.5) is 0 Å². The number of amides is 1. The summed E-state index contributed by atoms with van der Waals surface area (Å²) >= 11 is 1.61. The van der Waals surface area contributed by atoms with Gasteiger partial charge in [-0.1, -0.05) is 18.2 Å². The Morgan fingerprint density at radius 2 is 2.32 bits per heavy atom. The molecule has 116 valence electrons. The number of carbonyl (C=O) groups is 1. The quantitative estimate of drug-likeness (QED) is 0.888. The number of hydrogen-bond acceptors (Lipinski definition) is 5. The third-order valence-electron chi connectivity index (χ3n) is 3.49. The molecule has 1 aliphatic heterocycles. The third-order valence-corrected chi connectivity index (χ3v) is 4.47. The SMILES string of the molecule is NC(=O)Cc1ccccc1OCc1csc(C2CCCO2)n1.